The summed E-state index contributed by atoms with van der Waals surface area (Å²) in [5.74, 6) is 0.248. The monoisotopic (exact) mass is 357 g/mol. The highest BCUT2D eigenvalue weighted by Gasteiger charge is 2.29. The van der Waals surface area contributed by atoms with Gasteiger partial charge in [0.15, 0.2) is 0 Å². The van der Waals surface area contributed by atoms with E-state index in [0.29, 0.717) is 16.9 Å². The smallest absolute Gasteiger partial charge is 0.259 e. The molecule has 1 aliphatic carbocycles. The first-order valence-corrected chi connectivity index (χ1v) is 9.66. The van der Waals surface area contributed by atoms with E-state index in [4.69, 9.17) is 0 Å². The molecule has 1 saturated carbocycles. The quantitative estimate of drug-likeness (QED) is 0.878. The highest BCUT2D eigenvalue weighted by atomic mass is 16.2. The minimum atomic E-state index is -0.163. The SMILES string of the molecule is Cc1nn2c(C3CCNCC3)cc(=O)[nH]c2c1C(=O)N(C)C1CCCC1. The third-order valence-electron chi connectivity index (χ3n) is 5.99. The normalized spacial score (nSPS) is 19.3. The highest BCUT2D eigenvalue weighted by Crippen LogP contribution is 2.28. The van der Waals surface area contributed by atoms with Crippen LogP contribution in [0.1, 0.15) is 66.2 Å². The fourth-order valence-electron chi connectivity index (χ4n) is 4.48. The number of carbonyl (C=O) groups excluding carboxylic acids is 1. The van der Waals surface area contributed by atoms with Crippen LogP contribution in [0.4, 0.5) is 0 Å². The Morgan fingerprint density at radius 2 is 1.92 bits per heavy atom. The first-order valence-electron chi connectivity index (χ1n) is 9.66. The Morgan fingerprint density at radius 1 is 1.23 bits per heavy atom. The van der Waals surface area contributed by atoms with Crippen molar-refractivity contribution in [2.24, 2.45) is 0 Å². The molecule has 2 aliphatic rings. The number of hydrogen-bond donors (Lipinski definition) is 2. The fourth-order valence-corrected chi connectivity index (χ4v) is 4.48. The molecular weight excluding hydrogens is 330 g/mol. The third kappa shape index (κ3) is 2.94. The van der Waals surface area contributed by atoms with Gasteiger partial charge in [-0.3, -0.25) is 9.59 Å². The summed E-state index contributed by atoms with van der Waals surface area (Å²) in [6.07, 6.45) is 6.40. The zero-order valence-corrected chi connectivity index (χ0v) is 15.5. The van der Waals surface area contributed by atoms with Crippen LogP contribution in [0.25, 0.3) is 5.65 Å². The van der Waals surface area contributed by atoms with Gasteiger partial charge < -0.3 is 15.2 Å². The molecule has 1 saturated heterocycles. The largest absolute Gasteiger partial charge is 0.339 e. The van der Waals surface area contributed by atoms with Gasteiger partial charge in [-0.1, -0.05) is 12.8 Å². The summed E-state index contributed by atoms with van der Waals surface area (Å²) in [4.78, 5) is 30.2. The number of nitrogens with zero attached hydrogens (tertiary/aromatic N) is 3. The lowest BCUT2D eigenvalue weighted by Crippen LogP contribution is -2.35. The zero-order chi connectivity index (χ0) is 18.3. The van der Waals surface area contributed by atoms with Crippen molar-refractivity contribution in [1.29, 1.82) is 0 Å². The Morgan fingerprint density at radius 3 is 2.62 bits per heavy atom. The predicted octanol–water partition coefficient (Wildman–Crippen LogP) is 1.81. The van der Waals surface area contributed by atoms with E-state index in [2.05, 4.69) is 15.4 Å². The van der Waals surface area contributed by atoms with E-state index >= 15 is 0 Å². The van der Waals surface area contributed by atoms with E-state index in [1.807, 2.05) is 18.9 Å². The lowest BCUT2D eigenvalue weighted by atomic mass is 9.94. The van der Waals surface area contributed by atoms with E-state index in [-0.39, 0.29) is 23.4 Å². The van der Waals surface area contributed by atoms with Gasteiger partial charge in [-0.05, 0) is 45.7 Å². The lowest BCUT2D eigenvalue weighted by Gasteiger charge is -2.24. The first-order chi connectivity index (χ1) is 12.6. The first kappa shape index (κ1) is 17.3. The van der Waals surface area contributed by atoms with Crippen molar-refractivity contribution in [2.75, 3.05) is 20.1 Å². The minimum Gasteiger partial charge on any atom is -0.339 e. The van der Waals surface area contributed by atoms with Crippen molar-refractivity contribution in [2.45, 2.75) is 57.4 Å². The number of piperidine rings is 1. The van der Waals surface area contributed by atoms with Crippen LogP contribution in [-0.4, -0.2) is 51.6 Å². The van der Waals surface area contributed by atoms with E-state index in [1.54, 1.807) is 10.6 Å². The van der Waals surface area contributed by atoms with Gasteiger partial charge in [0.05, 0.1) is 11.4 Å². The number of fused-ring (bicyclic) bond motifs is 1. The number of hydrogen-bond acceptors (Lipinski definition) is 4. The summed E-state index contributed by atoms with van der Waals surface area (Å²) in [5, 5.41) is 7.99. The standard InChI is InChI=1S/C19H27N5O2/c1-12-17(19(26)23(2)14-5-3-4-6-14)18-21-16(25)11-15(24(18)22-12)13-7-9-20-10-8-13/h11,13-14,20H,3-10H2,1-2H3,(H,21,25). The molecule has 2 aromatic heterocycles. The molecule has 0 atom stereocenters. The molecule has 7 heteroatoms. The number of nitrogens with one attached hydrogen (secondary N) is 2. The number of aromatic nitrogens is 3. The molecule has 0 aromatic carbocycles. The number of rotatable bonds is 3. The van der Waals surface area contributed by atoms with Crippen LogP contribution in [0.3, 0.4) is 0 Å². The van der Waals surface area contributed by atoms with Gasteiger partial charge in [0.25, 0.3) is 11.5 Å². The van der Waals surface area contributed by atoms with Crippen molar-refractivity contribution < 1.29 is 4.79 Å². The Bertz CT molecular complexity index is 872. The Balaban J connectivity index is 1.78. The molecule has 1 amide bonds. The number of H-pyrrole nitrogens is 1. The van der Waals surface area contributed by atoms with Crippen LogP contribution >= 0.6 is 0 Å². The van der Waals surface area contributed by atoms with Gasteiger partial charge in [0, 0.05) is 25.1 Å². The fraction of sp³-hybridized carbons (Fsp3) is 0.632. The van der Waals surface area contributed by atoms with Gasteiger partial charge in [0.2, 0.25) is 0 Å². The van der Waals surface area contributed by atoms with Crippen LogP contribution in [0.15, 0.2) is 10.9 Å². The summed E-state index contributed by atoms with van der Waals surface area (Å²) < 4.78 is 1.79. The molecule has 2 N–H and O–H groups in total. The number of aryl methyl sites for hydroxylation is 1. The summed E-state index contributed by atoms with van der Waals surface area (Å²) in [7, 11) is 1.87. The second-order valence-corrected chi connectivity index (χ2v) is 7.66. The van der Waals surface area contributed by atoms with E-state index in [0.717, 1.165) is 44.5 Å². The van der Waals surface area contributed by atoms with Crippen LogP contribution in [-0.2, 0) is 0 Å². The second kappa shape index (κ2) is 6.87. The van der Waals surface area contributed by atoms with E-state index in [9.17, 15) is 9.59 Å². The maximum Gasteiger partial charge on any atom is 0.259 e. The van der Waals surface area contributed by atoms with Crippen molar-refractivity contribution in [3.63, 3.8) is 0 Å². The van der Waals surface area contributed by atoms with Crippen LogP contribution in [0, 0.1) is 6.92 Å². The molecule has 4 rings (SSSR count). The average molecular weight is 357 g/mol. The van der Waals surface area contributed by atoms with Gasteiger partial charge in [-0.2, -0.15) is 5.10 Å². The molecule has 0 radical (unpaired) electrons. The molecule has 7 nitrogen and oxygen atoms in total. The lowest BCUT2D eigenvalue weighted by molar-refractivity contribution is 0.0736. The molecule has 0 spiro atoms. The highest BCUT2D eigenvalue weighted by molar-refractivity contribution is 6.01. The Hall–Kier alpha value is -2.15. The van der Waals surface area contributed by atoms with Gasteiger partial charge in [0.1, 0.15) is 11.2 Å². The summed E-state index contributed by atoms with van der Waals surface area (Å²) in [6.45, 7) is 3.73. The molecule has 2 aromatic rings. The molecule has 26 heavy (non-hydrogen) atoms. The molecule has 2 fully saturated rings. The topological polar surface area (TPSA) is 82.5 Å². The molecular formula is C19H27N5O2. The van der Waals surface area contributed by atoms with Crippen LogP contribution < -0.4 is 10.9 Å². The van der Waals surface area contributed by atoms with Crippen molar-refractivity contribution in [3.05, 3.63) is 33.4 Å². The third-order valence-corrected chi connectivity index (χ3v) is 5.99. The van der Waals surface area contributed by atoms with E-state index in [1.165, 1.54) is 12.8 Å². The van der Waals surface area contributed by atoms with E-state index < -0.39 is 0 Å². The van der Waals surface area contributed by atoms with Crippen LogP contribution in [0.5, 0.6) is 0 Å². The summed E-state index contributed by atoms with van der Waals surface area (Å²) in [6, 6.07) is 1.93. The Labute approximate surface area is 152 Å². The molecule has 3 heterocycles. The molecule has 0 unspecified atom stereocenters. The minimum absolute atomic E-state index is 0.0393. The number of carbonyl (C=O) groups is 1. The van der Waals surface area contributed by atoms with Crippen molar-refractivity contribution in [1.82, 2.24) is 24.8 Å². The maximum atomic E-state index is 13.2. The van der Waals surface area contributed by atoms with Gasteiger partial charge in [-0.25, -0.2) is 4.52 Å². The van der Waals surface area contributed by atoms with Gasteiger partial charge >= 0.3 is 0 Å². The second-order valence-electron chi connectivity index (χ2n) is 7.66. The number of amides is 1. The van der Waals surface area contributed by atoms with Crippen molar-refractivity contribution in [3.8, 4) is 0 Å². The Kier molecular flexibility index (Phi) is 4.56. The zero-order valence-electron chi connectivity index (χ0n) is 15.5. The molecule has 0 bridgehead atoms. The average Bonchev–Trinajstić information content (AvgIpc) is 3.28. The predicted molar refractivity (Wildman–Crippen MR) is 99.7 cm³/mol. The van der Waals surface area contributed by atoms with Crippen molar-refractivity contribution >= 4 is 11.6 Å². The summed E-state index contributed by atoms with van der Waals surface area (Å²) in [5.41, 5.74) is 2.50. The van der Waals surface area contributed by atoms with Gasteiger partial charge in [-0.15, -0.1) is 0 Å². The summed E-state index contributed by atoms with van der Waals surface area (Å²) >= 11 is 0. The molecule has 1 aliphatic heterocycles. The van der Waals surface area contributed by atoms with Crippen LogP contribution in [0.2, 0.25) is 0 Å². The maximum absolute atomic E-state index is 13.2. The molecule has 140 valence electrons. The number of aromatic amines is 1.